The van der Waals surface area contributed by atoms with Gasteiger partial charge in [0.2, 0.25) is 0 Å². The highest BCUT2D eigenvalue weighted by atomic mass is 16.5. The van der Waals surface area contributed by atoms with E-state index < -0.39 is 6.10 Å². The number of imidazole rings is 1. The number of aryl methyl sites for hydroxylation is 3. The Morgan fingerprint density at radius 3 is 2.68 bits per heavy atom. The normalized spacial score (nSPS) is 12.5. The van der Waals surface area contributed by atoms with E-state index in [1.54, 1.807) is 19.6 Å². The fraction of sp³-hybridized carbons (Fsp3) is 0.400. The lowest BCUT2D eigenvalue weighted by Gasteiger charge is -2.17. The van der Waals surface area contributed by atoms with Crippen LogP contribution in [0.2, 0.25) is 0 Å². The molecule has 1 heterocycles. The average molecular weight is 260 g/mol. The number of hydrogen-bond acceptors (Lipinski definition) is 3. The minimum absolute atomic E-state index is 0.660. The van der Waals surface area contributed by atoms with Crippen molar-refractivity contribution in [3.63, 3.8) is 0 Å². The molecule has 0 aliphatic heterocycles. The molecule has 0 saturated carbocycles. The van der Waals surface area contributed by atoms with Gasteiger partial charge in [0.25, 0.3) is 0 Å². The van der Waals surface area contributed by atoms with Crippen LogP contribution < -0.4 is 4.74 Å². The second-order valence-electron chi connectivity index (χ2n) is 4.69. The zero-order chi connectivity index (χ0) is 14.0. The van der Waals surface area contributed by atoms with Crippen LogP contribution in [-0.2, 0) is 6.54 Å². The first-order chi connectivity index (χ1) is 9.08. The van der Waals surface area contributed by atoms with E-state index in [4.69, 9.17) is 4.74 Å². The standard InChI is InChI=1S/C15H20N2O2/c1-5-17-9-16-8-13(17)15(18)12-6-11(3)14(19-4)7-10(12)2/h6-9,15,18H,5H2,1-4H3. The van der Waals surface area contributed by atoms with Gasteiger partial charge in [-0.3, -0.25) is 0 Å². The molecule has 1 unspecified atom stereocenters. The third-order valence-electron chi connectivity index (χ3n) is 3.44. The van der Waals surface area contributed by atoms with Crippen LogP contribution in [-0.4, -0.2) is 21.8 Å². The quantitative estimate of drug-likeness (QED) is 0.919. The van der Waals surface area contributed by atoms with Crippen molar-refractivity contribution < 1.29 is 9.84 Å². The molecule has 2 rings (SSSR count). The third kappa shape index (κ3) is 2.49. The van der Waals surface area contributed by atoms with E-state index in [0.717, 1.165) is 34.7 Å². The lowest BCUT2D eigenvalue weighted by Crippen LogP contribution is -2.09. The average Bonchev–Trinajstić information content (AvgIpc) is 2.88. The maximum atomic E-state index is 10.6. The Morgan fingerprint density at radius 1 is 1.32 bits per heavy atom. The molecule has 0 fully saturated rings. The first-order valence-electron chi connectivity index (χ1n) is 6.41. The molecule has 0 bridgehead atoms. The topological polar surface area (TPSA) is 47.3 Å². The summed E-state index contributed by atoms with van der Waals surface area (Å²) in [5.41, 5.74) is 3.74. The number of rotatable bonds is 4. The summed E-state index contributed by atoms with van der Waals surface area (Å²) in [5.74, 6) is 0.845. The summed E-state index contributed by atoms with van der Waals surface area (Å²) in [6, 6.07) is 3.94. The van der Waals surface area contributed by atoms with Crippen LogP contribution in [0.15, 0.2) is 24.7 Å². The van der Waals surface area contributed by atoms with Crippen LogP contribution >= 0.6 is 0 Å². The molecule has 1 N–H and O–H groups in total. The second kappa shape index (κ2) is 5.45. The Morgan fingerprint density at radius 2 is 2.05 bits per heavy atom. The Labute approximate surface area is 113 Å². The molecule has 0 aliphatic carbocycles. The van der Waals surface area contributed by atoms with Crippen molar-refractivity contribution in [1.29, 1.82) is 0 Å². The minimum atomic E-state index is -0.660. The number of aliphatic hydroxyl groups excluding tert-OH is 1. The molecule has 2 aromatic rings. The molecule has 0 aliphatic rings. The van der Waals surface area contributed by atoms with E-state index in [1.807, 2.05) is 37.5 Å². The SMILES string of the molecule is CCn1cncc1C(O)c1cc(C)c(OC)cc1C. The molecule has 4 heteroatoms. The summed E-state index contributed by atoms with van der Waals surface area (Å²) in [5, 5.41) is 10.6. The molecule has 0 radical (unpaired) electrons. The number of benzene rings is 1. The smallest absolute Gasteiger partial charge is 0.122 e. The van der Waals surface area contributed by atoms with Crippen molar-refractivity contribution in [3.05, 3.63) is 47.0 Å². The van der Waals surface area contributed by atoms with Gasteiger partial charge in [-0.15, -0.1) is 0 Å². The van der Waals surface area contributed by atoms with Crippen LogP contribution in [0.1, 0.15) is 35.4 Å². The third-order valence-corrected chi connectivity index (χ3v) is 3.44. The number of hydrogen-bond donors (Lipinski definition) is 1. The van der Waals surface area contributed by atoms with Gasteiger partial charge in [0.05, 0.1) is 25.3 Å². The van der Waals surface area contributed by atoms with Crippen molar-refractivity contribution >= 4 is 0 Å². The summed E-state index contributed by atoms with van der Waals surface area (Å²) in [7, 11) is 1.66. The minimum Gasteiger partial charge on any atom is -0.496 e. The molecule has 0 amide bonds. The first kappa shape index (κ1) is 13.6. The molecule has 1 aromatic carbocycles. The first-order valence-corrected chi connectivity index (χ1v) is 6.41. The molecule has 0 saturated heterocycles. The van der Waals surface area contributed by atoms with Gasteiger partial charge >= 0.3 is 0 Å². The van der Waals surface area contributed by atoms with Crippen molar-refractivity contribution in [3.8, 4) is 5.75 Å². The van der Waals surface area contributed by atoms with Crippen LogP contribution in [0.4, 0.5) is 0 Å². The predicted octanol–water partition coefficient (Wildman–Crippen LogP) is 2.61. The largest absolute Gasteiger partial charge is 0.496 e. The van der Waals surface area contributed by atoms with Gasteiger partial charge in [-0.25, -0.2) is 4.98 Å². The summed E-state index contributed by atoms with van der Waals surface area (Å²) in [6.07, 6.45) is 2.80. The van der Waals surface area contributed by atoms with Gasteiger partial charge in [0.15, 0.2) is 0 Å². The van der Waals surface area contributed by atoms with Gasteiger partial charge in [0, 0.05) is 6.54 Å². The second-order valence-corrected chi connectivity index (χ2v) is 4.69. The van der Waals surface area contributed by atoms with Crippen LogP contribution in [0.5, 0.6) is 5.75 Å². The van der Waals surface area contributed by atoms with Gasteiger partial charge in [-0.05, 0) is 49.6 Å². The Hall–Kier alpha value is -1.81. The summed E-state index contributed by atoms with van der Waals surface area (Å²) < 4.78 is 7.25. The van der Waals surface area contributed by atoms with Gasteiger partial charge in [-0.1, -0.05) is 0 Å². The molecule has 102 valence electrons. The maximum absolute atomic E-state index is 10.6. The highest BCUT2D eigenvalue weighted by Crippen LogP contribution is 2.30. The zero-order valence-electron chi connectivity index (χ0n) is 11.8. The molecular weight excluding hydrogens is 240 g/mol. The fourth-order valence-corrected chi connectivity index (χ4v) is 2.31. The van der Waals surface area contributed by atoms with Gasteiger partial charge in [0.1, 0.15) is 11.9 Å². The molecule has 19 heavy (non-hydrogen) atoms. The number of nitrogens with zero attached hydrogens (tertiary/aromatic N) is 2. The van der Waals surface area contributed by atoms with E-state index in [1.165, 1.54) is 0 Å². The Kier molecular flexibility index (Phi) is 3.90. The van der Waals surface area contributed by atoms with E-state index in [9.17, 15) is 5.11 Å². The van der Waals surface area contributed by atoms with E-state index in [0.29, 0.717) is 0 Å². The van der Waals surface area contributed by atoms with E-state index in [2.05, 4.69) is 4.98 Å². The van der Waals surface area contributed by atoms with E-state index in [-0.39, 0.29) is 0 Å². The highest BCUT2D eigenvalue weighted by molar-refractivity contribution is 5.44. The predicted molar refractivity (Wildman–Crippen MR) is 74.4 cm³/mol. The molecule has 4 nitrogen and oxygen atoms in total. The summed E-state index contributed by atoms with van der Waals surface area (Å²) in [6.45, 7) is 6.78. The number of ether oxygens (including phenoxy) is 1. The van der Waals surface area contributed by atoms with Crippen LogP contribution in [0.25, 0.3) is 0 Å². The van der Waals surface area contributed by atoms with Crippen molar-refractivity contribution in [2.24, 2.45) is 0 Å². The lowest BCUT2D eigenvalue weighted by atomic mass is 9.98. The molecule has 1 aromatic heterocycles. The van der Waals surface area contributed by atoms with Crippen LogP contribution in [0.3, 0.4) is 0 Å². The van der Waals surface area contributed by atoms with Crippen molar-refractivity contribution in [1.82, 2.24) is 9.55 Å². The number of methoxy groups -OCH3 is 1. The maximum Gasteiger partial charge on any atom is 0.122 e. The summed E-state index contributed by atoms with van der Waals surface area (Å²) >= 11 is 0. The monoisotopic (exact) mass is 260 g/mol. The zero-order valence-corrected chi connectivity index (χ0v) is 11.8. The molecular formula is C15H20N2O2. The Bertz CT molecular complexity index is 576. The van der Waals surface area contributed by atoms with Gasteiger partial charge in [-0.2, -0.15) is 0 Å². The van der Waals surface area contributed by atoms with Crippen molar-refractivity contribution in [2.75, 3.05) is 7.11 Å². The number of aliphatic hydroxyl groups is 1. The molecule has 0 spiro atoms. The number of aromatic nitrogens is 2. The highest BCUT2D eigenvalue weighted by Gasteiger charge is 2.18. The molecule has 1 atom stereocenters. The summed E-state index contributed by atoms with van der Waals surface area (Å²) in [4.78, 5) is 4.10. The van der Waals surface area contributed by atoms with E-state index >= 15 is 0 Å². The fourth-order valence-electron chi connectivity index (χ4n) is 2.31. The lowest BCUT2D eigenvalue weighted by molar-refractivity contribution is 0.209. The Balaban J connectivity index is 2.44. The van der Waals surface area contributed by atoms with Crippen LogP contribution in [0, 0.1) is 13.8 Å². The van der Waals surface area contributed by atoms with Crippen molar-refractivity contribution in [2.45, 2.75) is 33.4 Å². The van der Waals surface area contributed by atoms with Gasteiger partial charge < -0.3 is 14.4 Å².